The van der Waals surface area contributed by atoms with Gasteiger partial charge < -0.3 is 14.9 Å². The maximum atomic E-state index is 12.1. The van der Waals surface area contributed by atoms with Crippen molar-refractivity contribution < 1.29 is 19.2 Å². The fourth-order valence-corrected chi connectivity index (χ4v) is 1.73. The molecule has 0 saturated carbocycles. The van der Waals surface area contributed by atoms with Crippen molar-refractivity contribution in [2.24, 2.45) is 0 Å². The number of carbonyl (C=O) groups is 2. The summed E-state index contributed by atoms with van der Waals surface area (Å²) in [6.45, 7) is 4.81. The molecule has 7 nitrogen and oxygen atoms in total. The van der Waals surface area contributed by atoms with Gasteiger partial charge in [-0.2, -0.15) is 0 Å². The molecule has 7 heteroatoms. The normalized spacial score (nSPS) is 12.4. The van der Waals surface area contributed by atoms with E-state index in [0.29, 0.717) is 22.3 Å². The van der Waals surface area contributed by atoms with E-state index < -0.39 is 17.9 Å². The zero-order valence-corrected chi connectivity index (χ0v) is 10.7. The Labute approximate surface area is 108 Å². The lowest BCUT2D eigenvalue weighted by Gasteiger charge is -2.10. The zero-order chi connectivity index (χ0) is 14.2. The summed E-state index contributed by atoms with van der Waals surface area (Å²) in [5.41, 5.74) is 1.72. The molecule has 0 aliphatic heterocycles. The second-order valence-electron chi connectivity index (χ2n) is 4.29. The molecule has 0 aromatic carbocycles. The van der Waals surface area contributed by atoms with Gasteiger partial charge in [-0.15, -0.1) is 0 Å². The van der Waals surface area contributed by atoms with Crippen LogP contribution < -0.4 is 5.32 Å². The summed E-state index contributed by atoms with van der Waals surface area (Å²) in [6.07, 6.45) is 0. The third kappa shape index (κ3) is 2.40. The van der Waals surface area contributed by atoms with E-state index >= 15 is 0 Å². The molecule has 2 aromatic rings. The van der Waals surface area contributed by atoms with Gasteiger partial charge in [0.05, 0.1) is 16.6 Å². The highest BCUT2D eigenvalue weighted by Crippen LogP contribution is 2.21. The molecule has 2 rings (SSSR count). The van der Waals surface area contributed by atoms with Crippen LogP contribution in [0.15, 0.2) is 10.6 Å². The van der Waals surface area contributed by atoms with Gasteiger partial charge in [-0.1, -0.05) is 5.16 Å². The van der Waals surface area contributed by atoms with Gasteiger partial charge in [0.1, 0.15) is 6.04 Å². The van der Waals surface area contributed by atoms with Gasteiger partial charge in [-0.25, -0.2) is 4.98 Å². The summed E-state index contributed by atoms with van der Waals surface area (Å²) in [7, 11) is 0. The standard InChI is InChI=1S/C12H13N3O4/c1-5-4-8(10(16)14-7(3)12(17)18)9-6(2)15-19-11(9)13-5/h4,7H,1-3H3,(H,14,16)(H,17,18)/t7-/m1/s1. The topological polar surface area (TPSA) is 105 Å². The van der Waals surface area contributed by atoms with Crippen molar-refractivity contribution in [3.05, 3.63) is 23.0 Å². The van der Waals surface area contributed by atoms with Crippen molar-refractivity contribution in [2.45, 2.75) is 26.8 Å². The molecule has 1 amide bonds. The lowest BCUT2D eigenvalue weighted by atomic mass is 10.1. The first-order chi connectivity index (χ1) is 8.90. The van der Waals surface area contributed by atoms with E-state index in [2.05, 4.69) is 15.5 Å². The Hall–Kier alpha value is -2.44. The van der Waals surface area contributed by atoms with Crippen LogP contribution in [0.2, 0.25) is 0 Å². The van der Waals surface area contributed by atoms with Crippen molar-refractivity contribution in [3.63, 3.8) is 0 Å². The third-order valence-corrected chi connectivity index (χ3v) is 2.71. The van der Waals surface area contributed by atoms with E-state index in [1.54, 1.807) is 19.9 Å². The number of pyridine rings is 1. The number of carboxylic acids is 1. The third-order valence-electron chi connectivity index (χ3n) is 2.71. The Bertz CT molecular complexity index is 662. The Morgan fingerprint density at radius 2 is 2.11 bits per heavy atom. The Balaban J connectivity index is 2.46. The number of nitrogens with one attached hydrogen (secondary N) is 1. The maximum absolute atomic E-state index is 12.1. The number of aliphatic carboxylic acids is 1. The Morgan fingerprint density at radius 1 is 1.42 bits per heavy atom. The largest absolute Gasteiger partial charge is 0.480 e. The molecule has 0 fully saturated rings. The number of hydrogen-bond acceptors (Lipinski definition) is 5. The highest BCUT2D eigenvalue weighted by Gasteiger charge is 2.21. The molecular formula is C12H13N3O4. The SMILES string of the molecule is Cc1cc(C(=O)N[C@H](C)C(=O)O)c2c(C)noc2n1. The minimum Gasteiger partial charge on any atom is -0.480 e. The lowest BCUT2D eigenvalue weighted by Crippen LogP contribution is -2.38. The molecule has 0 radical (unpaired) electrons. The molecule has 2 aromatic heterocycles. The minimum atomic E-state index is -1.10. The fourth-order valence-electron chi connectivity index (χ4n) is 1.73. The average Bonchev–Trinajstić information content (AvgIpc) is 2.69. The van der Waals surface area contributed by atoms with Crippen LogP contribution in [0.25, 0.3) is 11.1 Å². The van der Waals surface area contributed by atoms with Crippen LogP contribution in [0, 0.1) is 13.8 Å². The van der Waals surface area contributed by atoms with Crippen molar-refractivity contribution in [1.82, 2.24) is 15.5 Å². The summed E-state index contributed by atoms with van der Waals surface area (Å²) in [5.74, 6) is -1.59. The Morgan fingerprint density at radius 3 is 2.74 bits per heavy atom. The second-order valence-corrected chi connectivity index (χ2v) is 4.29. The van der Waals surface area contributed by atoms with Crippen molar-refractivity contribution in [2.75, 3.05) is 0 Å². The number of aromatic nitrogens is 2. The molecule has 0 saturated heterocycles. The summed E-state index contributed by atoms with van der Waals surface area (Å²) < 4.78 is 5.02. The van der Waals surface area contributed by atoms with Crippen LogP contribution in [0.4, 0.5) is 0 Å². The predicted molar refractivity (Wildman–Crippen MR) is 65.8 cm³/mol. The van der Waals surface area contributed by atoms with Crippen molar-refractivity contribution in [1.29, 1.82) is 0 Å². The number of nitrogens with zero attached hydrogens (tertiary/aromatic N) is 2. The predicted octanol–water partition coefficient (Wildman–Crippen LogP) is 1.04. The second kappa shape index (κ2) is 4.68. The molecule has 100 valence electrons. The molecule has 1 atom stereocenters. The number of fused-ring (bicyclic) bond motifs is 1. The van der Waals surface area contributed by atoms with Gasteiger partial charge >= 0.3 is 5.97 Å². The van der Waals surface area contributed by atoms with Crippen molar-refractivity contribution >= 4 is 23.0 Å². The molecule has 0 aliphatic carbocycles. The molecule has 2 N–H and O–H groups in total. The quantitative estimate of drug-likeness (QED) is 0.857. The lowest BCUT2D eigenvalue weighted by molar-refractivity contribution is -0.138. The van der Waals surface area contributed by atoms with E-state index in [4.69, 9.17) is 9.63 Å². The van der Waals surface area contributed by atoms with E-state index in [-0.39, 0.29) is 5.71 Å². The van der Waals surface area contributed by atoms with Gasteiger partial charge in [0, 0.05) is 5.69 Å². The number of amides is 1. The monoisotopic (exact) mass is 263 g/mol. The van der Waals surface area contributed by atoms with Gasteiger partial charge in [0.15, 0.2) is 0 Å². The van der Waals surface area contributed by atoms with Crippen LogP contribution in [0.1, 0.15) is 28.7 Å². The molecule has 0 unspecified atom stereocenters. The van der Waals surface area contributed by atoms with Gasteiger partial charge in [-0.3, -0.25) is 9.59 Å². The molecule has 0 spiro atoms. The fraction of sp³-hybridized carbons (Fsp3) is 0.333. The summed E-state index contributed by atoms with van der Waals surface area (Å²) >= 11 is 0. The molecular weight excluding hydrogens is 250 g/mol. The van der Waals surface area contributed by atoms with Crippen LogP contribution >= 0.6 is 0 Å². The summed E-state index contributed by atoms with van der Waals surface area (Å²) in [6, 6.07) is 0.604. The first kappa shape index (κ1) is 13.0. The van der Waals surface area contributed by atoms with Crippen molar-refractivity contribution in [3.8, 4) is 0 Å². The van der Waals surface area contributed by atoms with Gasteiger partial charge in [0.25, 0.3) is 11.6 Å². The first-order valence-electron chi connectivity index (χ1n) is 5.67. The summed E-state index contributed by atoms with van der Waals surface area (Å²) in [5, 5.41) is 15.5. The number of aryl methyl sites for hydroxylation is 2. The smallest absolute Gasteiger partial charge is 0.325 e. The minimum absolute atomic E-state index is 0.269. The van der Waals surface area contributed by atoms with Crippen LogP contribution in [0.3, 0.4) is 0 Å². The Kier molecular flexibility index (Phi) is 3.20. The van der Waals surface area contributed by atoms with E-state index in [1.165, 1.54) is 6.92 Å². The van der Waals surface area contributed by atoms with E-state index in [9.17, 15) is 9.59 Å². The van der Waals surface area contributed by atoms with Gasteiger partial charge in [-0.05, 0) is 26.8 Å². The van der Waals surface area contributed by atoms with Gasteiger partial charge in [0.2, 0.25) is 0 Å². The molecule has 0 aliphatic rings. The summed E-state index contributed by atoms with van der Waals surface area (Å²) in [4.78, 5) is 27.0. The number of carboxylic acid groups (broad SMARTS) is 1. The molecule has 2 heterocycles. The average molecular weight is 263 g/mol. The number of carbonyl (C=O) groups excluding carboxylic acids is 1. The number of hydrogen-bond donors (Lipinski definition) is 2. The molecule has 19 heavy (non-hydrogen) atoms. The maximum Gasteiger partial charge on any atom is 0.325 e. The number of rotatable bonds is 3. The first-order valence-corrected chi connectivity index (χ1v) is 5.67. The highest BCUT2D eigenvalue weighted by molar-refractivity contribution is 6.06. The van der Waals surface area contributed by atoms with E-state index in [0.717, 1.165) is 0 Å². The van der Waals surface area contributed by atoms with Crippen LogP contribution in [0.5, 0.6) is 0 Å². The molecule has 0 bridgehead atoms. The van der Waals surface area contributed by atoms with Crippen LogP contribution in [-0.4, -0.2) is 33.2 Å². The zero-order valence-electron chi connectivity index (χ0n) is 10.7. The van der Waals surface area contributed by atoms with Crippen LogP contribution in [-0.2, 0) is 4.79 Å². The van der Waals surface area contributed by atoms with E-state index in [1.807, 2.05) is 0 Å². The highest BCUT2D eigenvalue weighted by atomic mass is 16.5.